The third-order valence-corrected chi connectivity index (χ3v) is 7.03. The average molecular weight is 309 g/mol. The van der Waals surface area contributed by atoms with Crippen molar-refractivity contribution in [3.8, 4) is 0 Å². The Morgan fingerprint density at radius 3 is 2.35 bits per heavy atom. The fourth-order valence-electron chi connectivity index (χ4n) is 3.60. The summed E-state index contributed by atoms with van der Waals surface area (Å²) >= 11 is 0. The van der Waals surface area contributed by atoms with Crippen molar-refractivity contribution >= 4 is 22.2 Å². The van der Waals surface area contributed by atoms with E-state index in [1.54, 1.807) is 0 Å². The molecule has 1 saturated heterocycles. The molecule has 8 heteroatoms. The zero-order valence-corrected chi connectivity index (χ0v) is 12.2. The second kappa shape index (κ2) is 4.47. The Bertz CT molecular complexity index is 548. The maximum Gasteiger partial charge on any atom is 0.252 e. The lowest BCUT2D eigenvalue weighted by atomic mass is 9.68. The number of hydrogen-bond acceptors (Lipinski definition) is 4. The van der Waals surface area contributed by atoms with Crippen LogP contribution in [0.3, 0.4) is 0 Å². The van der Waals surface area contributed by atoms with Gasteiger partial charge in [0.25, 0.3) is 5.92 Å². The van der Waals surface area contributed by atoms with Crippen LogP contribution in [0.1, 0.15) is 27.2 Å². The SMILES string of the molecule is CC(=O)N1[C@H](C)[C@H]2[C@@H](C=O)[C@@H](C)C(F)(F)C[C@H]2S1(=O)=O. The molecule has 0 unspecified atom stereocenters. The highest BCUT2D eigenvalue weighted by Gasteiger charge is 2.64. The molecular weight excluding hydrogens is 292 g/mol. The summed E-state index contributed by atoms with van der Waals surface area (Å²) in [6.07, 6.45) is -0.426. The first-order chi connectivity index (χ1) is 9.05. The number of fused-ring (bicyclic) bond motifs is 1. The molecule has 114 valence electrons. The minimum Gasteiger partial charge on any atom is -0.303 e. The lowest BCUT2D eigenvalue weighted by molar-refractivity contribution is -0.140. The Morgan fingerprint density at radius 2 is 1.90 bits per heavy atom. The second-order valence-electron chi connectivity index (χ2n) is 5.68. The summed E-state index contributed by atoms with van der Waals surface area (Å²) in [4.78, 5) is 22.7. The number of carbonyl (C=O) groups excluding carboxylic acids is 2. The van der Waals surface area contributed by atoms with Gasteiger partial charge in [-0.3, -0.25) is 4.79 Å². The Kier molecular flexibility index (Phi) is 3.43. The van der Waals surface area contributed by atoms with E-state index in [0.29, 0.717) is 10.6 Å². The van der Waals surface area contributed by atoms with Crippen LogP contribution in [0.15, 0.2) is 0 Å². The highest BCUT2D eigenvalue weighted by molar-refractivity contribution is 7.90. The van der Waals surface area contributed by atoms with Gasteiger partial charge in [-0.2, -0.15) is 0 Å². The van der Waals surface area contributed by atoms with Gasteiger partial charge in [0.2, 0.25) is 15.9 Å². The summed E-state index contributed by atoms with van der Waals surface area (Å²) in [6.45, 7) is 3.84. The monoisotopic (exact) mass is 309 g/mol. The Balaban J connectivity index is 2.56. The third kappa shape index (κ3) is 1.88. The first kappa shape index (κ1) is 15.3. The summed E-state index contributed by atoms with van der Waals surface area (Å²) < 4.78 is 53.1. The number of rotatable bonds is 1. The largest absolute Gasteiger partial charge is 0.303 e. The summed E-state index contributed by atoms with van der Waals surface area (Å²) in [5, 5.41) is -1.37. The van der Waals surface area contributed by atoms with Gasteiger partial charge < -0.3 is 4.79 Å². The van der Waals surface area contributed by atoms with Crippen LogP contribution in [0.2, 0.25) is 0 Å². The predicted molar refractivity (Wildman–Crippen MR) is 66.5 cm³/mol. The van der Waals surface area contributed by atoms with Crippen LogP contribution in [-0.4, -0.2) is 42.1 Å². The van der Waals surface area contributed by atoms with Crippen molar-refractivity contribution in [1.82, 2.24) is 4.31 Å². The van der Waals surface area contributed by atoms with E-state index >= 15 is 0 Å². The van der Waals surface area contributed by atoms with E-state index < -0.39 is 57.3 Å². The molecule has 1 heterocycles. The van der Waals surface area contributed by atoms with Crippen LogP contribution in [0.25, 0.3) is 0 Å². The van der Waals surface area contributed by atoms with Crippen LogP contribution in [0, 0.1) is 17.8 Å². The van der Waals surface area contributed by atoms with E-state index in [9.17, 15) is 26.8 Å². The van der Waals surface area contributed by atoms with Gasteiger partial charge >= 0.3 is 0 Å². The number of sulfonamides is 1. The van der Waals surface area contributed by atoms with Crippen LogP contribution < -0.4 is 0 Å². The summed E-state index contributed by atoms with van der Waals surface area (Å²) in [7, 11) is -4.13. The van der Waals surface area contributed by atoms with Crippen LogP contribution in [0.4, 0.5) is 8.78 Å². The van der Waals surface area contributed by atoms with Gasteiger partial charge in [-0.1, -0.05) is 6.92 Å². The number of hydrogen-bond donors (Lipinski definition) is 0. The van der Waals surface area contributed by atoms with Crippen molar-refractivity contribution in [3.63, 3.8) is 0 Å². The molecule has 0 N–H and O–H groups in total. The molecule has 0 aromatic rings. The Morgan fingerprint density at radius 1 is 1.35 bits per heavy atom. The smallest absolute Gasteiger partial charge is 0.252 e. The van der Waals surface area contributed by atoms with Crippen molar-refractivity contribution in [1.29, 1.82) is 0 Å². The molecule has 1 aliphatic carbocycles. The van der Waals surface area contributed by atoms with Crippen LogP contribution in [-0.2, 0) is 19.6 Å². The highest BCUT2D eigenvalue weighted by atomic mass is 32.2. The molecule has 20 heavy (non-hydrogen) atoms. The van der Waals surface area contributed by atoms with E-state index in [4.69, 9.17) is 0 Å². The first-order valence-electron chi connectivity index (χ1n) is 6.42. The summed E-state index contributed by atoms with van der Waals surface area (Å²) in [5.74, 6) is -7.00. The van der Waals surface area contributed by atoms with E-state index in [1.165, 1.54) is 13.8 Å². The number of nitrogens with zero attached hydrogens (tertiary/aromatic N) is 1. The first-order valence-corrected chi connectivity index (χ1v) is 7.93. The Hall–Kier alpha value is -1.05. The van der Waals surface area contributed by atoms with Gasteiger partial charge in [-0.05, 0) is 6.92 Å². The molecule has 1 saturated carbocycles. The van der Waals surface area contributed by atoms with Crippen LogP contribution in [0.5, 0.6) is 0 Å². The van der Waals surface area contributed by atoms with E-state index in [1.807, 2.05) is 0 Å². The number of halogens is 2. The lowest BCUT2D eigenvalue weighted by Crippen LogP contribution is -2.50. The van der Waals surface area contributed by atoms with Gasteiger partial charge in [0.05, 0.1) is 5.25 Å². The molecule has 1 aliphatic heterocycles. The molecule has 2 fully saturated rings. The molecule has 0 bridgehead atoms. The normalized spacial score (nSPS) is 42.0. The zero-order chi connectivity index (χ0) is 15.5. The quantitative estimate of drug-likeness (QED) is 0.679. The summed E-state index contributed by atoms with van der Waals surface area (Å²) in [5.41, 5.74) is 0. The molecule has 0 aromatic carbocycles. The lowest BCUT2D eigenvalue weighted by Gasteiger charge is -2.40. The predicted octanol–water partition coefficient (Wildman–Crippen LogP) is 1.04. The number of amides is 1. The van der Waals surface area contributed by atoms with E-state index in [2.05, 4.69) is 0 Å². The molecule has 2 aliphatic rings. The molecule has 0 aromatic heterocycles. The molecule has 5 atom stereocenters. The standard InChI is InChI=1S/C12H17F2NO4S/c1-6-9(5-16)11-7(2)15(8(3)17)20(18,19)10(11)4-12(6,13)14/h5-7,9-11H,4H2,1-3H3/t6-,7-,9+,10-,11+/m1/s1. The molecule has 0 spiro atoms. The average Bonchev–Trinajstić information content (AvgIpc) is 2.48. The summed E-state index contributed by atoms with van der Waals surface area (Å²) in [6, 6.07) is -0.767. The number of alkyl halides is 2. The molecular formula is C12H17F2NO4S. The molecule has 2 rings (SSSR count). The fourth-order valence-corrected chi connectivity index (χ4v) is 6.09. The Labute approximate surface area is 116 Å². The van der Waals surface area contributed by atoms with Crippen LogP contribution >= 0.6 is 0 Å². The maximum atomic E-state index is 13.9. The molecule has 0 radical (unpaired) electrons. The van der Waals surface area contributed by atoms with E-state index in [0.717, 1.165) is 6.92 Å². The topological polar surface area (TPSA) is 71.5 Å². The van der Waals surface area contributed by atoms with Gasteiger partial charge in [-0.15, -0.1) is 0 Å². The van der Waals surface area contributed by atoms with E-state index in [-0.39, 0.29) is 0 Å². The van der Waals surface area contributed by atoms with Crippen molar-refractivity contribution in [3.05, 3.63) is 0 Å². The van der Waals surface area contributed by atoms with Gasteiger partial charge in [0.15, 0.2) is 0 Å². The fraction of sp³-hybridized carbons (Fsp3) is 0.833. The maximum absolute atomic E-state index is 13.9. The van der Waals surface area contributed by atoms with Crippen molar-refractivity contribution in [2.75, 3.05) is 0 Å². The minimum absolute atomic E-state index is 0.408. The van der Waals surface area contributed by atoms with Gasteiger partial charge in [-0.25, -0.2) is 21.5 Å². The highest BCUT2D eigenvalue weighted by Crippen LogP contribution is 2.52. The van der Waals surface area contributed by atoms with Crippen molar-refractivity contribution < 1.29 is 26.8 Å². The molecule has 1 amide bonds. The molecule has 5 nitrogen and oxygen atoms in total. The third-order valence-electron chi connectivity index (χ3n) is 4.64. The van der Waals surface area contributed by atoms with Gasteiger partial charge in [0.1, 0.15) is 6.29 Å². The van der Waals surface area contributed by atoms with Gasteiger partial charge in [0, 0.05) is 37.1 Å². The van der Waals surface area contributed by atoms with Crippen molar-refractivity contribution in [2.45, 2.75) is 44.4 Å². The second-order valence-corrected chi connectivity index (χ2v) is 7.71. The number of carbonyl (C=O) groups is 2. The zero-order valence-electron chi connectivity index (χ0n) is 11.4. The van der Waals surface area contributed by atoms with Crippen molar-refractivity contribution in [2.24, 2.45) is 17.8 Å². The number of aldehydes is 1. The minimum atomic E-state index is -4.13.